The van der Waals surface area contributed by atoms with Gasteiger partial charge >= 0.3 is 0 Å². The van der Waals surface area contributed by atoms with Gasteiger partial charge in [0.2, 0.25) is 5.91 Å². The van der Waals surface area contributed by atoms with Gasteiger partial charge in [-0.25, -0.2) is 8.78 Å². The number of hydrogen-bond donors (Lipinski definition) is 1. The summed E-state index contributed by atoms with van der Waals surface area (Å²) in [5.41, 5.74) is 1.20. The number of piperidine rings is 1. The Morgan fingerprint density at radius 3 is 2.88 bits per heavy atom. The summed E-state index contributed by atoms with van der Waals surface area (Å²) >= 11 is 0. The molecule has 6 heteroatoms. The van der Waals surface area contributed by atoms with Crippen LogP contribution in [0.15, 0.2) is 42.6 Å². The zero-order valence-electron chi connectivity index (χ0n) is 14.1. The number of amides is 1. The van der Waals surface area contributed by atoms with Crippen LogP contribution < -0.4 is 5.32 Å². The number of halogens is 2. The number of carbonyl (C=O) groups excluding carboxylic acids is 1. The number of hydrogen-bond acceptors (Lipinski definition) is 3. The highest BCUT2D eigenvalue weighted by Gasteiger charge is 2.30. The van der Waals surface area contributed by atoms with Crippen LogP contribution in [0, 0.1) is 11.6 Å². The van der Waals surface area contributed by atoms with E-state index in [1.165, 1.54) is 12.1 Å². The van der Waals surface area contributed by atoms with Crippen LogP contribution in [0.1, 0.15) is 37.1 Å². The number of benzene rings is 1. The third-order valence-corrected chi connectivity index (χ3v) is 4.49. The lowest BCUT2D eigenvalue weighted by molar-refractivity contribution is -0.136. The number of nitrogens with zero attached hydrogens (tertiary/aromatic N) is 2. The van der Waals surface area contributed by atoms with Crippen LogP contribution in [0.4, 0.5) is 8.78 Å². The van der Waals surface area contributed by atoms with Gasteiger partial charge in [-0.2, -0.15) is 0 Å². The van der Waals surface area contributed by atoms with E-state index in [-0.39, 0.29) is 24.5 Å². The molecule has 1 aliphatic heterocycles. The minimum atomic E-state index is -0.621. The van der Waals surface area contributed by atoms with Crippen molar-refractivity contribution in [2.75, 3.05) is 6.54 Å². The van der Waals surface area contributed by atoms with E-state index in [0.29, 0.717) is 12.1 Å². The molecule has 0 spiro atoms. The minimum absolute atomic E-state index is 0.0576. The molecule has 2 atom stereocenters. The summed E-state index contributed by atoms with van der Waals surface area (Å²) in [5.74, 6) is -1.29. The zero-order valence-corrected chi connectivity index (χ0v) is 14.1. The molecule has 132 valence electrons. The first-order valence-corrected chi connectivity index (χ1v) is 8.44. The molecular weight excluding hydrogens is 324 g/mol. The molecule has 1 aromatic heterocycles. The van der Waals surface area contributed by atoms with Crippen molar-refractivity contribution < 1.29 is 13.6 Å². The molecule has 1 aromatic carbocycles. The van der Waals surface area contributed by atoms with Crippen molar-refractivity contribution in [3.05, 3.63) is 65.5 Å². The topological polar surface area (TPSA) is 45.2 Å². The van der Waals surface area contributed by atoms with Crippen molar-refractivity contribution >= 4 is 5.91 Å². The highest BCUT2D eigenvalue weighted by Crippen LogP contribution is 2.20. The van der Waals surface area contributed by atoms with E-state index in [1.54, 1.807) is 11.1 Å². The van der Waals surface area contributed by atoms with E-state index in [4.69, 9.17) is 0 Å². The molecule has 1 N–H and O–H groups in total. The van der Waals surface area contributed by atoms with Gasteiger partial charge in [-0.3, -0.25) is 15.1 Å². The molecule has 0 aliphatic carbocycles. The average Bonchev–Trinajstić information content (AvgIpc) is 2.61. The maximum absolute atomic E-state index is 13.9. The van der Waals surface area contributed by atoms with Crippen LogP contribution in [0.2, 0.25) is 0 Å². The fourth-order valence-corrected chi connectivity index (χ4v) is 3.13. The standard InChI is InChI=1S/C19H21F2N3O/c1-13(17-5-2-3-9-22-17)23-18-6-4-10-24(19(18)25)12-14-7-8-15(20)11-16(14)21/h2-3,5,7-9,11,13,18,23H,4,6,10,12H2,1H3/t13-,18+/m1/s1. The first-order valence-electron chi connectivity index (χ1n) is 8.44. The molecule has 1 aliphatic rings. The first-order chi connectivity index (χ1) is 12.0. The largest absolute Gasteiger partial charge is 0.337 e. The lowest BCUT2D eigenvalue weighted by atomic mass is 10.0. The van der Waals surface area contributed by atoms with Crippen LogP contribution in [0.5, 0.6) is 0 Å². The lowest BCUT2D eigenvalue weighted by Crippen LogP contribution is -2.50. The summed E-state index contributed by atoms with van der Waals surface area (Å²) in [6.07, 6.45) is 3.29. The van der Waals surface area contributed by atoms with E-state index in [1.807, 2.05) is 25.1 Å². The lowest BCUT2D eigenvalue weighted by Gasteiger charge is -2.34. The number of rotatable bonds is 5. The molecule has 0 radical (unpaired) electrons. The molecule has 2 heterocycles. The smallest absolute Gasteiger partial charge is 0.240 e. The van der Waals surface area contributed by atoms with Crippen molar-refractivity contribution in [3.8, 4) is 0 Å². The Kier molecular flexibility index (Phi) is 5.38. The number of pyridine rings is 1. The van der Waals surface area contributed by atoms with E-state index in [9.17, 15) is 13.6 Å². The van der Waals surface area contributed by atoms with Gasteiger partial charge in [0, 0.05) is 37.0 Å². The van der Waals surface area contributed by atoms with Crippen LogP contribution in [-0.4, -0.2) is 28.4 Å². The summed E-state index contributed by atoms with van der Waals surface area (Å²) in [5, 5.41) is 3.32. The van der Waals surface area contributed by atoms with Crippen molar-refractivity contribution in [3.63, 3.8) is 0 Å². The van der Waals surface area contributed by atoms with E-state index >= 15 is 0 Å². The predicted molar refractivity (Wildman–Crippen MR) is 90.6 cm³/mol. The van der Waals surface area contributed by atoms with Crippen molar-refractivity contribution in [1.82, 2.24) is 15.2 Å². The Bertz CT molecular complexity index is 739. The minimum Gasteiger partial charge on any atom is -0.337 e. The van der Waals surface area contributed by atoms with Gasteiger partial charge < -0.3 is 4.90 Å². The summed E-state index contributed by atoms with van der Waals surface area (Å²) in [6, 6.07) is 8.75. The monoisotopic (exact) mass is 345 g/mol. The molecule has 0 saturated carbocycles. The summed E-state index contributed by atoms with van der Waals surface area (Å²) in [4.78, 5) is 18.7. The summed E-state index contributed by atoms with van der Waals surface area (Å²) in [6.45, 7) is 2.70. The third kappa shape index (κ3) is 4.20. The normalized spacial score (nSPS) is 19.1. The number of aromatic nitrogens is 1. The molecule has 4 nitrogen and oxygen atoms in total. The van der Waals surface area contributed by atoms with Gasteiger partial charge in [-0.1, -0.05) is 12.1 Å². The second-order valence-electron chi connectivity index (χ2n) is 6.33. The number of nitrogens with one attached hydrogen (secondary N) is 1. The van der Waals surface area contributed by atoms with E-state index in [0.717, 1.165) is 24.6 Å². The van der Waals surface area contributed by atoms with Crippen LogP contribution >= 0.6 is 0 Å². The second-order valence-corrected chi connectivity index (χ2v) is 6.33. The maximum Gasteiger partial charge on any atom is 0.240 e. The van der Waals surface area contributed by atoms with Crippen LogP contribution in [0.25, 0.3) is 0 Å². The molecule has 25 heavy (non-hydrogen) atoms. The second kappa shape index (κ2) is 7.70. The van der Waals surface area contributed by atoms with Crippen molar-refractivity contribution in [2.45, 2.75) is 38.4 Å². The Morgan fingerprint density at radius 1 is 1.32 bits per heavy atom. The molecule has 3 rings (SSSR count). The molecule has 1 fully saturated rings. The number of carbonyl (C=O) groups is 1. The van der Waals surface area contributed by atoms with E-state index < -0.39 is 11.6 Å². The zero-order chi connectivity index (χ0) is 17.8. The van der Waals surface area contributed by atoms with Gasteiger partial charge in [0.15, 0.2) is 0 Å². The van der Waals surface area contributed by atoms with E-state index in [2.05, 4.69) is 10.3 Å². The molecular formula is C19H21F2N3O. The van der Waals surface area contributed by atoms with Crippen molar-refractivity contribution in [2.24, 2.45) is 0 Å². The highest BCUT2D eigenvalue weighted by atomic mass is 19.1. The number of likely N-dealkylation sites (tertiary alicyclic amines) is 1. The molecule has 2 aromatic rings. The molecule has 0 unspecified atom stereocenters. The third-order valence-electron chi connectivity index (χ3n) is 4.49. The highest BCUT2D eigenvalue weighted by molar-refractivity contribution is 5.82. The van der Waals surface area contributed by atoms with Gasteiger partial charge in [0.1, 0.15) is 11.6 Å². The Labute approximate surface area is 145 Å². The van der Waals surface area contributed by atoms with Gasteiger partial charge in [-0.05, 0) is 38.0 Å². The molecule has 0 bridgehead atoms. The maximum atomic E-state index is 13.9. The Morgan fingerprint density at radius 2 is 2.16 bits per heavy atom. The van der Waals surface area contributed by atoms with Crippen LogP contribution in [0.3, 0.4) is 0 Å². The Hall–Kier alpha value is -2.34. The van der Waals surface area contributed by atoms with Gasteiger partial charge in [0.05, 0.1) is 11.7 Å². The fourth-order valence-electron chi connectivity index (χ4n) is 3.13. The molecule has 1 amide bonds. The quantitative estimate of drug-likeness (QED) is 0.905. The van der Waals surface area contributed by atoms with Gasteiger partial charge in [0.25, 0.3) is 0 Å². The predicted octanol–water partition coefficient (Wildman–Crippen LogP) is 3.20. The summed E-state index contributed by atoms with van der Waals surface area (Å²) < 4.78 is 26.9. The SMILES string of the molecule is C[C@@H](N[C@H]1CCCN(Cc2ccc(F)cc2F)C1=O)c1ccccn1. The van der Waals surface area contributed by atoms with Crippen molar-refractivity contribution in [1.29, 1.82) is 0 Å². The fraction of sp³-hybridized carbons (Fsp3) is 0.368. The van der Waals surface area contributed by atoms with Gasteiger partial charge in [-0.15, -0.1) is 0 Å². The summed E-state index contributed by atoms with van der Waals surface area (Å²) in [7, 11) is 0. The first kappa shape index (κ1) is 17.5. The molecule has 1 saturated heterocycles. The average molecular weight is 345 g/mol. The van der Waals surface area contributed by atoms with Crippen LogP contribution in [-0.2, 0) is 11.3 Å². The Balaban J connectivity index is 1.66.